The molecule has 2 aromatic rings. The van der Waals surface area contributed by atoms with Gasteiger partial charge in [0.05, 0.1) is 34.1 Å². The highest BCUT2D eigenvalue weighted by molar-refractivity contribution is 6.33. The normalized spacial score (nSPS) is 18.7. The Hall–Kier alpha value is -2.77. The topological polar surface area (TPSA) is 103 Å². The average Bonchev–Trinajstić information content (AvgIpc) is 2.64. The number of nitrogens with one attached hydrogen (secondary N) is 1. The number of methoxy groups -OCH3 is 1. The van der Waals surface area contributed by atoms with Crippen LogP contribution in [0.5, 0.6) is 0 Å². The maximum Gasteiger partial charge on any atom is 0.337 e. The van der Waals surface area contributed by atoms with E-state index in [-0.39, 0.29) is 16.1 Å². The molecule has 0 radical (unpaired) electrons. The first-order valence-electron chi connectivity index (χ1n) is 8.69. The number of aromatic carboxylic acids is 1. The molecule has 0 bridgehead atoms. The number of benzene rings is 2. The van der Waals surface area contributed by atoms with Gasteiger partial charge in [-0.3, -0.25) is 0 Å². The van der Waals surface area contributed by atoms with Crippen molar-refractivity contribution in [3.05, 3.63) is 46.5 Å². The van der Waals surface area contributed by atoms with Crippen LogP contribution in [0, 0.1) is 5.41 Å². The van der Waals surface area contributed by atoms with E-state index in [2.05, 4.69) is 16.7 Å². The van der Waals surface area contributed by atoms with Crippen molar-refractivity contribution in [3.8, 4) is 0 Å². The Labute approximate surface area is 168 Å². The van der Waals surface area contributed by atoms with Gasteiger partial charge in [0.1, 0.15) is 0 Å². The van der Waals surface area contributed by atoms with Crippen LogP contribution in [0.15, 0.2) is 30.3 Å². The van der Waals surface area contributed by atoms with Gasteiger partial charge in [-0.15, -0.1) is 0 Å². The molecule has 8 heteroatoms. The van der Waals surface area contributed by atoms with Gasteiger partial charge in [-0.2, -0.15) is 0 Å². The van der Waals surface area contributed by atoms with Crippen LogP contribution in [0.25, 0.3) is 0 Å². The fourth-order valence-electron chi connectivity index (χ4n) is 3.57. The van der Waals surface area contributed by atoms with Crippen molar-refractivity contribution in [2.24, 2.45) is 0 Å². The zero-order chi connectivity index (χ0) is 20.6. The number of likely N-dealkylation sites (N-methyl/N-ethyl adjacent to an activating group) is 1. The Morgan fingerprint density at radius 1 is 1.39 bits per heavy atom. The highest BCUT2D eigenvalue weighted by Crippen LogP contribution is 2.45. The van der Waals surface area contributed by atoms with Crippen molar-refractivity contribution in [2.45, 2.75) is 12.5 Å². The van der Waals surface area contributed by atoms with E-state index in [0.29, 0.717) is 24.4 Å². The van der Waals surface area contributed by atoms with Gasteiger partial charge in [0.25, 0.3) is 0 Å². The van der Waals surface area contributed by atoms with Gasteiger partial charge in [-0.25, -0.2) is 4.79 Å². The first-order chi connectivity index (χ1) is 13.2. The van der Waals surface area contributed by atoms with Gasteiger partial charge in [0, 0.05) is 43.9 Å². The highest BCUT2D eigenvalue weighted by Gasteiger charge is 2.39. The first-order valence-corrected chi connectivity index (χ1v) is 9.07. The Morgan fingerprint density at radius 3 is 2.68 bits per heavy atom. The lowest BCUT2D eigenvalue weighted by Gasteiger charge is -2.49. The summed E-state index contributed by atoms with van der Waals surface area (Å²) in [5.74, 6) is -1.07. The Bertz CT molecular complexity index is 949. The second kappa shape index (κ2) is 7.33. The smallest absolute Gasteiger partial charge is 0.337 e. The number of carboxylic acid groups (broad SMARTS) is 1. The van der Waals surface area contributed by atoms with Crippen LogP contribution in [0.3, 0.4) is 0 Å². The largest absolute Gasteiger partial charge is 0.478 e. The fraction of sp³-hybridized carbons (Fsp3) is 0.300. The molecule has 0 aliphatic carbocycles. The van der Waals surface area contributed by atoms with E-state index < -0.39 is 5.97 Å². The van der Waals surface area contributed by atoms with Gasteiger partial charge >= 0.3 is 5.97 Å². The number of carboxylic acids is 1. The molecule has 0 saturated carbocycles. The number of halogens is 1. The maximum atomic E-state index is 11.3. The van der Waals surface area contributed by atoms with Crippen LogP contribution in [-0.2, 0) is 4.74 Å². The number of anilines is 4. The number of nitrogen functional groups attached to an aromatic ring is 1. The number of hydrogen-bond donors (Lipinski definition) is 3. The summed E-state index contributed by atoms with van der Waals surface area (Å²) in [6.07, 6.45) is 1.23. The van der Waals surface area contributed by atoms with Gasteiger partial charge in [-0.1, -0.05) is 11.6 Å². The average molecular weight is 403 g/mol. The molecule has 28 heavy (non-hydrogen) atoms. The van der Waals surface area contributed by atoms with Crippen molar-refractivity contribution in [1.29, 1.82) is 5.41 Å². The number of ether oxygens (including phenoxy) is 1. The number of nitrogens with zero attached hydrogens (tertiary/aromatic N) is 2. The van der Waals surface area contributed by atoms with Crippen LogP contribution < -0.4 is 15.5 Å². The predicted molar refractivity (Wildman–Crippen MR) is 113 cm³/mol. The molecule has 0 fully saturated rings. The summed E-state index contributed by atoms with van der Waals surface area (Å²) in [6.45, 7) is 3.14. The van der Waals surface area contributed by atoms with E-state index in [1.807, 2.05) is 19.2 Å². The van der Waals surface area contributed by atoms with Crippen molar-refractivity contribution in [1.82, 2.24) is 0 Å². The minimum Gasteiger partial charge on any atom is -0.478 e. The van der Waals surface area contributed by atoms with Crippen molar-refractivity contribution < 1.29 is 14.6 Å². The summed E-state index contributed by atoms with van der Waals surface area (Å²) in [5.41, 5.74) is 9.47. The number of fused-ring (bicyclic) bond motifs is 1. The lowest BCUT2D eigenvalue weighted by molar-refractivity contribution is 0.0697. The summed E-state index contributed by atoms with van der Waals surface area (Å²) < 4.78 is 5.47. The first kappa shape index (κ1) is 20.0. The molecule has 1 heterocycles. The van der Waals surface area contributed by atoms with Crippen LogP contribution in [0.2, 0.25) is 5.02 Å². The second-order valence-electron chi connectivity index (χ2n) is 7.16. The van der Waals surface area contributed by atoms with E-state index in [9.17, 15) is 9.90 Å². The number of hydrogen-bond acceptors (Lipinski definition) is 6. The predicted octanol–water partition coefficient (Wildman–Crippen LogP) is 3.61. The summed E-state index contributed by atoms with van der Waals surface area (Å²) in [5, 5.41) is 17.0. The lowest BCUT2D eigenvalue weighted by Crippen LogP contribution is -2.58. The molecule has 0 spiro atoms. The van der Waals surface area contributed by atoms with E-state index in [1.54, 1.807) is 19.2 Å². The molecular weight excluding hydrogens is 380 g/mol. The minimum atomic E-state index is -1.07. The monoisotopic (exact) mass is 402 g/mol. The molecule has 0 aromatic heterocycles. The van der Waals surface area contributed by atoms with Crippen LogP contribution >= 0.6 is 11.6 Å². The standard InChI is InChI=1S/C20H23ClN4O3/c1-20(11-28-3)10-25(13-4-5-14(19(26)27)15(21)7-13)18-8-16(23)12(9-22)6-17(18)24(20)2/h4-9,22H,10-11,23H2,1-3H3,(H,26,27)/t20-/m1/s1. The third-order valence-electron chi connectivity index (χ3n) is 5.25. The maximum absolute atomic E-state index is 11.3. The Morgan fingerprint density at radius 2 is 2.11 bits per heavy atom. The third kappa shape index (κ3) is 3.27. The van der Waals surface area contributed by atoms with Crippen LogP contribution in [0.4, 0.5) is 22.7 Å². The Kier molecular flexibility index (Phi) is 5.23. The van der Waals surface area contributed by atoms with Crippen molar-refractivity contribution in [2.75, 3.05) is 42.8 Å². The molecular formula is C20H23ClN4O3. The van der Waals surface area contributed by atoms with Crippen molar-refractivity contribution in [3.63, 3.8) is 0 Å². The molecule has 148 valence electrons. The fourth-order valence-corrected chi connectivity index (χ4v) is 3.83. The van der Waals surface area contributed by atoms with E-state index in [1.165, 1.54) is 12.3 Å². The second-order valence-corrected chi connectivity index (χ2v) is 7.57. The van der Waals surface area contributed by atoms with Crippen molar-refractivity contribution >= 4 is 46.5 Å². The third-order valence-corrected chi connectivity index (χ3v) is 5.56. The molecule has 4 N–H and O–H groups in total. The molecule has 1 aliphatic rings. The molecule has 0 unspecified atom stereocenters. The van der Waals surface area contributed by atoms with Crippen LogP contribution in [0.1, 0.15) is 22.8 Å². The molecule has 0 saturated heterocycles. The molecule has 3 rings (SSSR count). The summed E-state index contributed by atoms with van der Waals surface area (Å²) in [7, 11) is 3.64. The molecule has 7 nitrogen and oxygen atoms in total. The number of nitrogens with two attached hydrogens (primary N) is 1. The molecule has 2 aromatic carbocycles. The molecule has 1 atom stereocenters. The minimum absolute atomic E-state index is 0.0538. The summed E-state index contributed by atoms with van der Waals surface area (Å²) in [6, 6.07) is 8.59. The van der Waals surface area contributed by atoms with Crippen LogP contribution in [-0.4, -0.2) is 50.1 Å². The summed E-state index contributed by atoms with van der Waals surface area (Å²) >= 11 is 6.21. The SMILES string of the molecule is COC[C@@]1(C)CN(c2ccc(C(=O)O)c(Cl)c2)c2cc(N)c(C=N)cc2N1C. The highest BCUT2D eigenvalue weighted by atomic mass is 35.5. The van der Waals surface area contributed by atoms with Gasteiger partial charge in [-0.05, 0) is 37.3 Å². The van der Waals surface area contributed by atoms with E-state index in [4.69, 9.17) is 27.5 Å². The molecule has 0 amide bonds. The van der Waals surface area contributed by atoms with E-state index in [0.717, 1.165) is 17.1 Å². The Balaban J connectivity index is 2.19. The zero-order valence-electron chi connectivity index (χ0n) is 16.0. The quantitative estimate of drug-likeness (QED) is 0.521. The lowest BCUT2D eigenvalue weighted by atomic mass is 9.93. The molecule has 1 aliphatic heterocycles. The van der Waals surface area contributed by atoms with Gasteiger partial charge in [0.2, 0.25) is 0 Å². The number of carbonyl (C=O) groups is 1. The number of rotatable bonds is 5. The zero-order valence-corrected chi connectivity index (χ0v) is 16.7. The van der Waals surface area contributed by atoms with E-state index >= 15 is 0 Å². The van der Waals surface area contributed by atoms with Gasteiger partial charge in [0.15, 0.2) is 0 Å². The summed E-state index contributed by atoms with van der Waals surface area (Å²) in [4.78, 5) is 15.5. The van der Waals surface area contributed by atoms with Gasteiger partial charge < -0.3 is 30.8 Å².